The zero-order valence-electron chi connectivity index (χ0n) is 14.9. The van der Waals surface area contributed by atoms with Gasteiger partial charge in [-0.3, -0.25) is 0 Å². The molecule has 0 bridgehead atoms. The van der Waals surface area contributed by atoms with Gasteiger partial charge in [0.1, 0.15) is 12.4 Å². The predicted molar refractivity (Wildman–Crippen MR) is 115 cm³/mol. The molecule has 0 aromatic heterocycles. The Morgan fingerprint density at radius 3 is 2.15 bits per heavy atom. The Labute approximate surface area is 175 Å². The molecule has 0 saturated carbocycles. The largest absolute Gasteiger partial charge is 0.487 e. The van der Waals surface area contributed by atoms with Crippen LogP contribution in [-0.2, 0) is 19.6 Å². The maximum absolute atomic E-state index is 6.39. The van der Waals surface area contributed by atoms with E-state index in [0.29, 0.717) is 34.0 Å². The molecule has 0 amide bonds. The Morgan fingerprint density at radius 1 is 0.815 bits per heavy atom. The number of ether oxygens (including phenoxy) is 1. The van der Waals surface area contributed by atoms with Gasteiger partial charge < -0.3 is 10.1 Å². The first-order chi connectivity index (χ1) is 13.0. The van der Waals surface area contributed by atoms with Crippen molar-refractivity contribution < 1.29 is 4.74 Å². The zero-order chi connectivity index (χ0) is 19.2. The van der Waals surface area contributed by atoms with Crippen LogP contribution in [-0.4, -0.2) is 0 Å². The topological polar surface area (TPSA) is 21.3 Å². The second-order valence-corrected chi connectivity index (χ2v) is 7.48. The molecule has 2 nitrogen and oxygen atoms in total. The second kappa shape index (κ2) is 9.36. The van der Waals surface area contributed by atoms with Crippen molar-refractivity contribution >= 4 is 40.5 Å². The molecule has 27 heavy (non-hydrogen) atoms. The summed E-state index contributed by atoms with van der Waals surface area (Å²) >= 11 is 18.5. The summed E-state index contributed by atoms with van der Waals surface area (Å²) in [4.78, 5) is 0. The van der Waals surface area contributed by atoms with Gasteiger partial charge in [-0.2, -0.15) is 0 Å². The smallest absolute Gasteiger partial charge is 0.143 e. The van der Waals surface area contributed by atoms with Gasteiger partial charge >= 0.3 is 0 Å². The number of nitrogens with one attached hydrogen (secondary N) is 1. The van der Waals surface area contributed by atoms with Gasteiger partial charge in [-0.15, -0.1) is 0 Å². The van der Waals surface area contributed by atoms with Crippen LogP contribution in [0.4, 0.5) is 5.69 Å². The first-order valence-corrected chi connectivity index (χ1v) is 9.86. The van der Waals surface area contributed by atoms with Crippen molar-refractivity contribution in [3.05, 3.63) is 92.4 Å². The van der Waals surface area contributed by atoms with Crippen LogP contribution in [0.5, 0.6) is 5.75 Å². The molecule has 0 saturated heterocycles. The molecule has 0 aliphatic heterocycles. The molecule has 3 aromatic carbocycles. The van der Waals surface area contributed by atoms with Crippen LogP contribution in [0.15, 0.2) is 60.7 Å². The highest BCUT2D eigenvalue weighted by atomic mass is 35.5. The molecule has 140 valence electrons. The molecule has 3 aromatic rings. The average Bonchev–Trinajstić information content (AvgIpc) is 2.67. The first-order valence-electron chi connectivity index (χ1n) is 8.73. The highest BCUT2D eigenvalue weighted by Crippen LogP contribution is 2.33. The summed E-state index contributed by atoms with van der Waals surface area (Å²) in [6.45, 7) is 3.10. The molecule has 0 fully saturated rings. The molecule has 0 atom stereocenters. The van der Waals surface area contributed by atoms with Crippen LogP contribution in [0.2, 0.25) is 15.1 Å². The maximum atomic E-state index is 6.39. The quantitative estimate of drug-likeness (QED) is 0.430. The Hall–Kier alpha value is -1.87. The number of benzene rings is 3. The lowest BCUT2D eigenvalue weighted by atomic mass is 10.1. The summed E-state index contributed by atoms with van der Waals surface area (Å²) in [5.41, 5.74) is 4.26. The zero-order valence-corrected chi connectivity index (χ0v) is 17.2. The van der Waals surface area contributed by atoms with Crippen LogP contribution in [0, 0.1) is 0 Å². The summed E-state index contributed by atoms with van der Waals surface area (Å²) in [6.07, 6.45) is 1.02. The van der Waals surface area contributed by atoms with Gasteiger partial charge in [0, 0.05) is 27.8 Å². The number of rotatable bonds is 7. The highest BCUT2D eigenvalue weighted by Gasteiger charge is 2.11. The van der Waals surface area contributed by atoms with E-state index in [1.54, 1.807) is 6.07 Å². The molecule has 5 heteroatoms. The van der Waals surface area contributed by atoms with Crippen molar-refractivity contribution in [2.75, 3.05) is 5.32 Å². The molecule has 0 unspecified atom stereocenters. The van der Waals surface area contributed by atoms with Gasteiger partial charge in [-0.05, 0) is 53.9 Å². The van der Waals surface area contributed by atoms with Gasteiger partial charge in [0.15, 0.2) is 0 Å². The second-order valence-electron chi connectivity index (χ2n) is 6.20. The van der Waals surface area contributed by atoms with Crippen molar-refractivity contribution in [2.24, 2.45) is 0 Å². The lowest BCUT2D eigenvalue weighted by molar-refractivity contribution is 0.303. The number of hydrogen-bond acceptors (Lipinski definition) is 2. The fourth-order valence-electron chi connectivity index (χ4n) is 2.70. The van der Waals surface area contributed by atoms with E-state index in [1.807, 2.05) is 30.3 Å². The van der Waals surface area contributed by atoms with Crippen molar-refractivity contribution in [3.8, 4) is 5.75 Å². The Morgan fingerprint density at radius 2 is 1.48 bits per heavy atom. The predicted octanol–water partition coefficient (Wildman–Crippen LogP) is 7.40. The SMILES string of the molecule is CCc1ccc(NCc2cc(Cl)cc(Cl)c2OCc2ccc(Cl)cc2)cc1. The molecule has 3 rings (SSSR count). The summed E-state index contributed by atoms with van der Waals surface area (Å²) in [7, 11) is 0. The molecule has 0 radical (unpaired) electrons. The average molecular weight is 421 g/mol. The molecule has 0 spiro atoms. The van der Waals surface area contributed by atoms with E-state index < -0.39 is 0 Å². The minimum Gasteiger partial charge on any atom is -0.487 e. The third-order valence-corrected chi connectivity index (χ3v) is 4.98. The van der Waals surface area contributed by atoms with Crippen molar-refractivity contribution in [2.45, 2.75) is 26.5 Å². The van der Waals surface area contributed by atoms with E-state index in [9.17, 15) is 0 Å². The van der Waals surface area contributed by atoms with Gasteiger partial charge in [-0.1, -0.05) is 66.0 Å². The van der Waals surface area contributed by atoms with E-state index in [-0.39, 0.29) is 0 Å². The fraction of sp³-hybridized carbons (Fsp3) is 0.182. The van der Waals surface area contributed by atoms with Crippen LogP contribution in [0.3, 0.4) is 0 Å². The minimum atomic E-state index is 0.400. The molecule has 1 N–H and O–H groups in total. The van der Waals surface area contributed by atoms with Crippen LogP contribution < -0.4 is 10.1 Å². The Bertz CT molecular complexity index is 893. The summed E-state index contributed by atoms with van der Waals surface area (Å²) in [6, 6.07) is 19.5. The van der Waals surface area contributed by atoms with Crippen molar-refractivity contribution in [1.82, 2.24) is 0 Å². The highest BCUT2D eigenvalue weighted by molar-refractivity contribution is 6.35. The van der Waals surface area contributed by atoms with E-state index in [1.165, 1.54) is 5.56 Å². The van der Waals surface area contributed by atoms with E-state index in [4.69, 9.17) is 39.5 Å². The number of halogens is 3. The maximum Gasteiger partial charge on any atom is 0.143 e. The third kappa shape index (κ3) is 5.55. The lowest BCUT2D eigenvalue weighted by Crippen LogP contribution is -2.04. The summed E-state index contributed by atoms with van der Waals surface area (Å²) < 4.78 is 6.00. The molecule has 0 aliphatic carbocycles. The summed E-state index contributed by atoms with van der Waals surface area (Å²) in [5, 5.41) is 5.17. The van der Waals surface area contributed by atoms with E-state index in [0.717, 1.165) is 23.2 Å². The van der Waals surface area contributed by atoms with Crippen LogP contribution >= 0.6 is 34.8 Å². The van der Waals surface area contributed by atoms with Crippen molar-refractivity contribution in [1.29, 1.82) is 0 Å². The van der Waals surface area contributed by atoms with Crippen molar-refractivity contribution in [3.63, 3.8) is 0 Å². The molecular formula is C22H20Cl3NO. The number of anilines is 1. The number of hydrogen-bond donors (Lipinski definition) is 1. The third-order valence-electron chi connectivity index (χ3n) is 4.23. The minimum absolute atomic E-state index is 0.400. The summed E-state index contributed by atoms with van der Waals surface area (Å²) in [5.74, 6) is 0.633. The van der Waals surface area contributed by atoms with E-state index in [2.05, 4.69) is 36.5 Å². The van der Waals surface area contributed by atoms with Crippen LogP contribution in [0.1, 0.15) is 23.6 Å². The van der Waals surface area contributed by atoms with Crippen LogP contribution in [0.25, 0.3) is 0 Å². The molecule has 0 heterocycles. The Balaban J connectivity index is 1.73. The van der Waals surface area contributed by atoms with Gasteiger partial charge in [0.2, 0.25) is 0 Å². The van der Waals surface area contributed by atoms with E-state index >= 15 is 0 Å². The molecular weight excluding hydrogens is 401 g/mol. The normalized spacial score (nSPS) is 10.7. The standard InChI is InChI=1S/C22H20Cl3NO/c1-2-15-5-9-20(10-6-15)26-13-17-11-19(24)12-21(25)22(17)27-14-16-3-7-18(23)8-4-16/h3-12,26H,2,13-14H2,1H3. The van der Waals surface area contributed by atoms with Gasteiger partial charge in [0.25, 0.3) is 0 Å². The fourth-order valence-corrected chi connectivity index (χ4v) is 3.41. The first kappa shape index (κ1) is 19.9. The van der Waals surface area contributed by atoms with Gasteiger partial charge in [0.05, 0.1) is 5.02 Å². The Kier molecular flexibility index (Phi) is 6.89. The lowest BCUT2D eigenvalue weighted by Gasteiger charge is -2.15. The number of aryl methyl sites for hydroxylation is 1. The molecule has 0 aliphatic rings. The monoisotopic (exact) mass is 419 g/mol. The van der Waals surface area contributed by atoms with Gasteiger partial charge in [-0.25, -0.2) is 0 Å².